The topological polar surface area (TPSA) is 109 Å². The van der Waals surface area contributed by atoms with E-state index in [-0.39, 0.29) is 5.69 Å². The summed E-state index contributed by atoms with van der Waals surface area (Å²) in [5.41, 5.74) is -0.0883. The van der Waals surface area contributed by atoms with Gasteiger partial charge in [-0.3, -0.25) is 5.10 Å². The maximum Gasteiger partial charge on any atom is 0.425 e. The van der Waals surface area contributed by atoms with Crippen LogP contribution in [-0.2, 0) is 14.3 Å². The van der Waals surface area contributed by atoms with Gasteiger partial charge in [-0.05, 0) is 6.07 Å². The van der Waals surface area contributed by atoms with E-state index in [4.69, 9.17) is 5.11 Å². The number of esters is 2. The molecule has 0 saturated heterocycles. The lowest BCUT2D eigenvalue weighted by Crippen LogP contribution is -2.20. The van der Waals surface area contributed by atoms with Gasteiger partial charge in [0.1, 0.15) is 5.69 Å². The molecule has 0 atom stereocenters. The van der Waals surface area contributed by atoms with E-state index in [1.807, 2.05) is 0 Å². The molecule has 1 aromatic heterocycles. The first-order valence-electron chi connectivity index (χ1n) is 3.10. The van der Waals surface area contributed by atoms with E-state index in [0.29, 0.717) is 0 Å². The highest BCUT2D eigenvalue weighted by atomic mass is 16.6. The predicted octanol–water partition coefficient (Wildman–Crippen LogP) is -0.822. The van der Waals surface area contributed by atoms with Crippen LogP contribution in [0.3, 0.4) is 0 Å². The Morgan fingerprint density at radius 3 is 2.62 bits per heavy atom. The second-order valence-electron chi connectivity index (χ2n) is 1.95. The monoisotopic (exact) mass is 184 g/mol. The molecule has 68 valence electrons. The molecule has 0 aliphatic heterocycles. The summed E-state index contributed by atoms with van der Waals surface area (Å²) in [4.78, 5) is 31.2. The molecule has 0 saturated carbocycles. The van der Waals surface area contributed by atoms with Crippen molar-refractivity contribution in [3.8, 4) is 0 Å². The van der Waals surface area contributed by atoms with E-state index < -0.39 is 17.9 Å². The van der Waals surface area contributed by atoms with Gasteiger partial charge in [-0.1, -0.05) is 0 Å². The molecule has 0 amide bonds. The zero-order valence-electron chi connectivity index (χ0n) is 6.18. The summed E-state index contributed by atoms with van der Waals surface area (Å²) in [6.45, 7) is 0. The highest BCUT2D eigenvalue weighted by Gasteiger charge is 2.19. The molecule has 1 rings (SSSR count). The van der Waals surface area contributed by atoms with Crippen molar-refractivity contribution in [2.45, 2.75) is 0 Å². The van der Waals surface area contributed by atoms with Crippen molar-refractivity contribution in [3.05, 3.63) is 18.0 Å². The SMILES string of the molecule is O=C(O)C(=O)OC(=O)c1ccn[nH]1. The number of ether oxygens (including phenoxy) is 1. The zero-order valence-corrected chi connectivity index (χ0v) is 6.18. The molecule has 0 fully saturated rings. The van der Waals surface area contributed by atoms with E-state index in [1.54, 1.807) is 0 Å². The van der Waals surface area contributed by atoms with Crippen molar-refractivity contribution in [1.29, 1.82) is 0 Å². The maximum absolute atomic E-state index is 10.8. The van der Waals surface area contributed by atoms with Crippen LogP contribution in [0.4, 0.5) is 0 Å². The van der Waals surface area contributed by atoms with Gasteiger partial charge in [0.15, 0.2) is 0 Å². The van der Waals surface area contributed by atoms with Crippen LogP contribution in [0.25, 0.3) is 0 Å². The summed E-state index contributed by atoms with van der Waals surface area (Å²) in [5, 5.41) is 13.7. The van der Waals surface area contributed by atoms with Crippen molar-refractivity contribution in [1.82, 2.24) is 10.2 Å². The van der Waals surface area contributed by atoms with E-state index in [9.17, 15) is 14.4 Å². The fourth-order valence-corrected chi connectivity index (χ4v) is 0.552. The molecule has 1 heterocycles. The van der Waals surface area contributed by atoms with Gasteiger partial charge in [0.2, 0.25) is 0 Å². The molecule has 2 N–H and O–H groups in total. The average molecular weight is 184 g/mol. The number of carbonyl (C=O) groups is 3. The third kappa shape index (κ3) is 2.12. The van der Waals surface area contributed by atoms with Crippen molar-refractivity contribution in [3.63, 3.8) is 0 Å². The quantitative estimate of drug-likeness (QED) is 0.335. The smallest absolute Gasteiger partial charge is 0.425 e. The molecule has 7 nitrogen and oxygen atoms in total. The number of rotatable bonds is 1. The summed E-state index contributed by atoms with van der Waals surface area (Å²) in [6.07, 6.45) is 1.27. The van der Waals surface area contributed by atoms with E-state index in [0.717, 1.165) is 0 Å². The molecule has 0 radical (unpaired) electrons. The Hall–Kier alpha value is -2.18. The van der Waals surface area contributed by atoms with Crippen molar-refractivity contribution in [2.75, 3.05) is 0 Å². The van der Waals surface area contributed by atoms with Gasteiger partial charge in [0.05, 0.1) is 0 Å². The highest BCUT2D eigenvalue weighted by molar-refractivity contribution is 6.31. The number of aromatic nitrogens is 2. The number of nitrogens with zero attached hydrogens (tertiary/aromatic N) is 1. The Morgan fingerprint density at radius 1 is 1.46 bits per heavy atom. The molecule has 13 heavy (non-hydrogen) atoms. The molecule has 0 aliphatic carbocycles. The van der Waals surface area contributed by atoms with Gasteiger partial charge >= 0.3 is 17.9 Å². The summed E-state index contributed by atoms with van der Waals surface area (Å²) < 4.78 is 3.91. The number of hydrogen-bond acceptors (Lipinski definition) is 5. The summed E-state index contributed by atoms with van der Waals surface area (Å²) >= 11 is 0. The molecular formula is C6H4N2O5. The summed E-state index contributed by atoms with van der Waals surface area (Å²) in [6, 6.07) is 1.25. The second kappa shape index (κ2) is 3.48. The number of carboxylic acid groups (broad SMARTS) is 1. The minimum absolute atomic E-state index is 0.0883. The lowest BCUT2D eigenvalue weighted by atomic mass is 10.4. The lowest BCUT2D eigenvalue weighted by molar-refractivity contribution is -0.160. The van der Waals surface area contributed by atoms with Gasteiger partial charge in [0, 0.05) is 6.20 Å². The predicted molar refractivity (Wildman–Crippen MR) is 36.6 cm³/mol. The van der Waals surface area contributed by atoms with Crippen LogP contribution in [0.15, 0.2) is 12.3 Å². The molecular weight excluding hydrogens is 180 g/mol. The average Bonchev–Trinajstić information content (AvgIpc) is 2.55. The molecule has 0 bridgehead atoms. The van der Waals surface area contributed by atoms with Crippen molar-refractivity contribution >= 4 is 17.9 Å². The largest absolute Gasteiger partial charge is 0.473 e. The number of carbonyl (C=O) groups excluding carboxylic acids is 2. The fourth-order valence-electron chi connectivity index (χ4n) is 0.552. The van der Waals surface area contributed by atoms with Crippen molar-refractivity contribution < 1.29 is 24.2 Å². The minimum atomic E-state index is -1.83. The Kier molecular flexibility index (Phi) is 2.38. The third-order valence-electron chi connectivity index (χ3n) is 1.08. The van der Waals surface area contributed by atoms with E-state index in [2.05, 4.69) is 14.9 Å². The second-order valence-corrected chi connectivity index (χ2v) is 1.95. The first-order valence-corrected chi connectivity index (χ1v) is 3.10. The number of aromatic amines is 1. The Balaban J connectivity index is 2.62. The highest BCUT2D eigenvalue weighted by Crippen LogP contribution is 1.95. The molecule has 7 heteroatoms. The minimum Gasteiger partial charge on any atom is -0.473 e. The first kappa shape index (κ1) is 8.91. The number of carboxylic acids is 1. The van der Waals surface area contributed by atoms with Gasteiger partial charge in [-0.25, -0.2) is 14.4 Å². The van der Waals surface area contributed by atoms with Crippen LogP contribution >= 0.6 is 0 Å². The Morgan fingerprint density at radius 2 is 2.15 bits per heavy atom. The van der Waals surface area contributed by atoms with Crippen LogP contribution in [0.1, 0.15) is 10.5 Å². The van der Waals surface area contributed by atoms with Crippen molar-refractivity contribution in [2.24, 2.45) is 0 Å². The number of aliphatic carboxylic acids is 1. The number of H-pyrrole nitrogens is 1. The first-order chi connectivity index (χ1) is 6.11. The molecule has 0 aromatic carbocycles. The number of nitrogens with one attached hydrogen (secondary N) is 1. The third-order valence-corrected chi connectivity index (χ3v) is 1.08. The van der Waals surface area contributed by atoms with Gasteiger partial charge in [-0.2, -0.15) is 5.10 Å². The van der Waals surface area contributed by atoms with Gasteiger partial charge in [0.25, 0.3) is 0 Å². The van der Waals surface area contributed by atoms with Crippen LogP contribution < -0.4 is 0 Å². The van der Waals surface area contributed by atoms with Crippen LogP contribution in [0.5, 0.6) is 0 Å². The van der Waals surface area contributed by atoms with Crippen LogP contribution in [-0.4, -0.2) is 33.2 Å². The molecule has 0 aliphatic rings. The molecule has 0 spiro atoms. The van der Waals surface area contributed by atoms with Gasteiger partial charge < -0.3 is 9.84 Å². The summed E-state index contributed by atoms with van der Waals surface area (Å²) in [7, 11) is 0. The Bertz CT molecular complexity index is 342. The Labute approximate surface area is 71.3 Å². The molecule has 1 aromatic rings. The van der Waals surface area contributed by atoms with Crippen LogP contribution in [0.2, 0.25) is 0 Å². The fraction of sp³-hybridized carbons (Fsp3) is 0. The summed E-state index contributed by atoms with van der Waals surface area (Å²) in [5.74, 6) is -4.53. The standard InChI is InChI=1S/C6H4N2O5/c9-4(10)6(12)13-5(11)3-1-2-7-8-3/h1-2H,(H,7,8)(H,9,10). The van der Waals surface area contributed by atoms with E-state index in [1.165, 1.54) is 12.3 Å². The van der Waals surface area contributed by atoms with E-state index >= 15 is 0 Å². The zero-order chi connectivity index (χ0) is 9.84. The maximum atomic E-state index is 10.8. The molecule has 0 unspecified atom stereocenters. The van der Waals surface area contributed by atoms with Crippen LogP contribution in [0, 0.1) is 0 Å². The number of hydrogen-bond donors (Lipinski definition) is 2. The van der Waals surface area contributed by atoms with Gasteiger partial charge in [-0.15, -0.1) is 0 Å². The lowest BCUT2D eigenvalue weighted by Gasteiger charge is -1.95. The normalized spacial score (nSPS) is 9.23.